The first-order chi connectivity index (χ1) is 8.38. The highest BCUT2D eigenvalue weighted by Gasteiger charge is 2.24. The molecule has 0 radical (unpaired) electrons. The summed E-state index contributed by atoms with van der Waals surface area (Å²) in [6, 6.07) is 3.70. The van der Waals surface area contributed by atoms with E-state index >= 15 is 0 Å². The Balaban J connectivity index is 2.87. The van der Waals surface area contributed by atoms with Crippen molar-refractivity contribution in [1.29, 1.82) is 0 Å². The van der Waals surface area contributed by atoms with E-state index in [-0.39, 0.29) is 18.1 Å². The first kappa shape index (κ1) is 14.6. The van der Waals surface area contributed by atoms with Crippen molar-refractivity contribution >= 4 is 11.5 Å². The van der Waals surface area contributed by atoms with Crippen LogP contribution in [0.1, 0.15) is 27.2 Å². The van der Waals surface area contributed by atoms with Crippen molar-refractivity contribution in [3.63, 3.8) is 0 Å². The SMILES string of the molecule is COc1nc(NC(CCO)C(C)(C)C)ccc1N. The molecule has 1 heterocycles. The van der Waals surface area contributed by atoms with Crippen molar-refractivity contribution < 1.29 is 9.84 Å². The maximum atomic E-state index is 9.12. The molecular formula is C13H23N3O2. The Labute approximate surface area is 108 Å². The van der Waals surface area contributed by atoms with Gasteiger partial charge in [-0.2, -0.15) is 4.98 Å². The molecule has 1 atom stereocenters. The number of rotatable bonds is 5. The van der Waals surface area contributed by atoms with E-state index in [1.807, 2.05) is 6.07 Å². The minimum absolute atomic E-state index is 0.0268. The lowest BCUT2D eigenvalue weighted by Crippen LogP contribution is -2.35. The van der Waals surface area contributed by atoms with Crippen molar-refractivity contribution in [2.45, 2.75) is 33.2 Å². The van der Waals surface area contributed by atoms with Crippen molar-refractivity contribution in [2.24, 2.45) is 5.41 Å². The zero-order valence-corrected chi connectivity index (χ0v) is 11.5. The quantitative estimate of drug-likeness (QED) is 0.746. The summed E-state index contributed by atoms with van der Waals surface area (Å²) < 4.78 is 5.09. The Bertz CT molecular complexity index is 388. The molecule has 1 aromatic rings. The smallest absolute Gasteiger partial charge is 0.238 e. The Kier molecular flexibility index (Phi) is 4.78. The highest BCUT2D eigenvalue weighted by molar-refractivity contribution is 5.53. The number of ether oxygens (including phenoxy) is 1. The first-order valence-electron chi connectivity index (χ1n) is 6.06. The number of aliphatic hydroxyl groups is 1. The van der Waals surface area contributed by atoms with E-state index in [0.717, 1.165) is 0 Å². The number of hydrogen-bond donors (Lipinski definition) is 3. The number of nitrogens with zero attached hydrogens (tertiary/aromatic N) is 1. The molecular weight excluding hydrogens is 230 g/mol. The monoisotopic (exact) mass is 253 g/mol. The highest BCUT2D eigenvalue weighted by atomic mass is 16.5. The number of aromatic nitrogens is 1. The van der Waals surface area contributed by atoms with Crippen LogP contribution in [0, 0.1) is 5.41 Å². The summed E-state index contributed by atoms with van der Waals surface area (Å²) >= 11 is 0. The van der Waals surface area contributed by atoms with Crippen LogP contribution < -0.4 is 15.8 Å². The number of pyridine rings is 1. The minimum Gasteiger partial charge on any atom is -0.479 e. The molecule has 0 aromatic carbocycles. The van der Waals surface area contributed by atoms with Crippen LogP contribution in [0.15, 0.2) is 12.1 Å². The van der Waals surface area contributed by atoms with Gasteiger partial charge in [-0.1, -0.05) is 20.8 Å². The molecule has 0 saturated carbocycles. The van der Waals surface area contributed by atoms with Gasteiger partial charge in [0.05, 0.1) is 12.8 Å². The molecule has 4 N–H and O–H groups in total. The van der Waals surface area contributed by atoms with E-state index in [9.17, 15) is 0 Å². The van der Waals surface area contributed by atoms with E-state index in [2.05, 4.69) is 31.1 Å². The van der Waals surface area contributed by atoms with E-state index in [1.165, 1.54) is 7.11 Å². The van der Waals surface area contributed by atoms with Gasteiger partial charge in [0.2, 0.25) is 5.88 Å². The van der Waals surface area contributed by atoms with E-state index < -0.39 is 0 Å². The molecule has 18 heavy (non-hydrogen) atoms. The van der Waals surface area contributed by atoms with Crippen molar-refractivity contribution in [2.75, 3.05) is 24.8 Å². The normalized spacial score (nSPS) is 13.2. The molecule has 1 unspecified atom stereocenters. The number of aliphatic hydroxyl groups excluding tert-OH is 1. The zero-order chi connectivity index (χ0) is 13.8. The molecule has 0 aliphatic carbocycles. The van der Waals surface area contributed by atoms with Gasteiger partial charge < -0.3 is 20.9 Å². The average Bonchev–Trinajstić information content (AvgIpc) is 2.29. The summed E-state index contributed by atoms with van der Waals surface area (Å²) in [6.07, 6.45) is 0.665. The summed E-state index contributed by atoms with van der Waals surface area (Å²) in [7, 11) is 1.54. The van der Waals surface area contributed by atoms with Crippen LogP contribution in [0.4, 0.5) is 11.5 Å². The molecule has 0 amide bonds. The lowest BCUT2D eigenvalue weighted by molar-refractivity contribution is 0.235. The molecule has 0 fully saturated rings. The molecule has 0 saturated heterocycles. The van der Waals surface area contributed by atoms with Crippen LogP contribution in [0.5, 0.6) is 5.88 Å². The fourth-order valence-electron chi connectivity index (χ4n) is 1.72. The molecule has 5 heteroatoms. The van der Waals surface area contributed by atoms with Crippen molar-refractivity contribution in [3.8, 4) is 5.88 Å². The van der Waals surface area contributed by atoms with Crippen LogP contribution >= 0.6 is 0 Å². The second kappa shape index (κ2) is 5.91. The number of anilines is 2. The third-order valence-electron chi connectivity index (χ3n) is 2.87. The van der Waals surface area contributed by atoms with Gasteiger partial charge in [0.15, 0.2) is 0 Å². The molecule has 102 valence electrons. The maximum absolute atomic E-state index is 9.12. The fraction of sp³-hybridized carbons (Fsp3) is 0.615. The summed E-state index contributed by atoms with van der Waals surface area (Å²) in [5.41, 5.74) is 6.26. The van der Waals surface area contributed by atoms with Crippen molar-refractivity contribution in [3.05, 3.63) is 12.1 Å². The number of nitrogens with one attached hydrogen (secondary N) is 1. The van der Waals surface area contributed by atoms with Gasteiger partial charge in [0.25, 0.3) is 0 Å². The van der Waals surface area contributed by atoms with E-state index in [1.54, 1.807) is 6.07 Å². The number of hydrogen-bond acceptors (Lipinski definition) is 5. The van der Waals surface area contributed by atoms with Crippen LogP contribution in [0.2, 0.25) is 0 Å². The molecule has 0 aliphatic rings. The fourth-order valence-corrected chi connectivity index (χ4v) is 1.72. The predicted octanol–water partition coefficient (Wildman–Crippen LogP) is 1.88. The van der Waals surface area contributed by atoms with Crippen LogP contribution in [0.3, 0.4) is 0 Å². The Morgan fingerprint density at radius 1 is 1.44 bits per heavy atom. The van der Waals surface area contributed by atoms with E-state index in [4.69, 9.17) is 15.6 Å². The third-order valence-corrected chi connectivity index (χ3v) is 2.87. The third kappa shape index (κ3) is 3.77. The zero-order valence-electron chi connectivity index (χ0n) is 11.5. The summed E-state index contributed by atoms with van der Waals surface area (Å²) in [6.45, 7) is 6.50. The van der Waals surface area contributed by atoms with Gasteiger partial charge in [0, 0.05) is 12.6 Å². The van der Waals surface area contributed by atoms with Gasteiger partial charge in [-0.25, -0.2) is 0 Å². The molecule has 1 rings (SSSR count). The Morgan fingerprint density at radius 3 is 2.61 bits per heavy atom. The topological polar surface area (TPSA) is 80.4 Å². The van der Waals surface area contributed by atoms with E-state index in [0.29, 0.717) is 23.8 Å². The minimum atomic E-state index is 0.0268. The van der Waals surface area contributed by atoms with Crippen molar-refractivity contribution in [1.82, 2.24) is 4.98 Å². The number of nitrogen functional groups attached to an aromatic ring is 1. The second-order valence-electron chi connectivity index (χ2n) is 5.37. The summed E-state index contributed by atoms with van der Waals surface area (Å²) in [5, 5.41) is 12.4. The number of methoxy groups -OCH3 is 1. The maximum Gasteiger partial charge on any atom is 0.238 e. The lowest BCUT2D eigenvalue weighted by atomic mass is 9.85. The predicted molar refractivity (Wildman–Crippen MR) is 73.8 cm³/mol. The highest BCUT2D eigenvalue weighted by Crippen LogP contribution is 2.27. The number of nitrogens with two attached hydrogens (primary N) is 1. The summed E-state index contributed by atoms with van der Waals surface area (Å²) in [5.74, 6) is 1.12. The lowest BCUT2D eigenvalue weighted by Gasteiger charge is -2.31. The largest absolute Gasteiger partial charge is 0.479 e. The standard InChI is InChI=1S/C13H23N3O2/c1-13(2,3)10(7-8-17)15-11-6-5-9(14)12(16-11)18-4/h5-6,10,17H,7-8,14H2,1-4H3,(H,15,16). The van der Waals surface area contributed by atoms with Crippen LogP contribution in [0.25, 0.3) is 0 Å². The molecule has 1 aromatic heterocycles. The van der Waals surface area contributed by atoms with Gasteiger partial charge >= 0.3 is 0 Å². The van der Waals surface area contributed by atoms with Gasteiger partial charge in [-0.3, -0.25) is 0 Å². The molecule has 0 spiro atoms. The second-order valence-corrected chi connectivity index (χ2v) is 5.37. The average molecular weight is 253 g/mol. The molecule has 0 aliphatic heterocycles. The molecule has 5 nitrogen and oxygen atoms in total. The van der Waals surface area contributed by atoms with Gasteiger partial charge in [-0.05, 0) is 24.0 Å². The van der Waals surface area contributed by atoms with Gasteiger partial charge in [0.1, 0.15) is 5.82 Å². The molecule has 0 bridgehead atoms. The van der Waals surface area contributed by atoms with Crippen LogP contribution in [-0.2, 0) is 0 Å². The van der Waals surface area contributed by atoms with Gasteiger partial charge in [-0.15, -0.1) is 0 Å². The first-order valence-corrected chi connectivity index (χ1v) is 6.06. The Hall–Kier alpha value is -1.49. The summed E-state index contributed by atoms with van der Waals surface area (Å²) in [4.78, 5) is 4.29. The Morgan fingerprint density at radius 2 is 2.11 bits per heavy atom. The van der Waals surface area contributed by atoms with Crippen LogP contribution in [-0.4, -0.2) is 29.8 Å².